The van der Waals surface area contributed by atoms with Crippen LogP contribution in [0, 0.1) is 11.3 Å². The molecule has 1 aromatic heterocycles. The van der Waals surface area contributed by atoms with Gasteiger partial charge in [-0.3, -0.25) is 14.7 Å². The van der Waals surface area contributed by atoms with Crippen LogP contribution >= 0.6 is 0 Å². The highest BCUT2D eigenvalue weighted by molar-refractivity contribution is 5.80. The Bertz CT molecular complexity index is 512. The maximum absolute atomic E-state index is 12.7. The van der Waals surface area contributed by atoms with Crippen molar-refractivity contribution in [3.8, 4) is 0 Å². The third kappa shape index (κ3) is 3.01. The minimum absolute atomic E-state index is 0.0851. The van der Waals surface area contributed by atoms with Crippen LogP contribution in [0.25, 0.3) is 0 Å². The minimum atomic E-state index is 0.0851. The van der Waals surface area contributed by atoms with E-state index < -0.39 is 0 Å². The first-order valence-corrected chi connectivity index (χ1v) is 8.01. The molecule has 2 fully saturated rings. The molecule has 5 heteroatoms. The smallest absolute Gasteiger partial charge is 0.227 e. The van der Waals surface area contributed by atoms with Crippen molar-refractivity contribution in [2.24, 2.45) is 11.3 Å². The van der Waals surface area contributed by atoms with Crippen molar-refractivity contribution in [2.45, 2.75) is 19.4 Å². The van der Waals surface area contributed by atoms with Crippen LogP contribution in [0.1, 0.15) is 18.4 Å². The molecule has 5 nitrogen and oxygen atoms in total. The summed E-state index contributed by atoms with van der Waals surface area (Å²) in [6.45, 7) is 4.24. The molecule has 0 N–H and O–H groups in total. The molecule has 2 saturated heterocycles. The summed E-state index contributed by atoms with van der Waals surface area (Å²) in [6.07, 6.45) is 5.69. The van der Waals surface area contributed by atoms with E-state index in [-0.39, 0.29) is 17.2 Å². The van der Waals surface area contributed by atoms with Gasteiger partial charge in [0, 0.05) is 64.8 Å². The van der Waals surface area contributed by atoms with Crippen LogP contribution in [0.4, 0.5) is 0 Å². The molecule has 1 aromatic rings. The van der Waals surface area contributed by atoms with E-state index in [1.807, 2.05) is 26.4 Å². The summed E-state index contributed by atoms with van der Waals surface area (Å²) in [4.78, 5) is 21.0. The number of pyridine rings is 1. The lowest BCUT2D eigenvalue weighted by atomic mass is 9.71. The van der Waals surface area contributed by atoms with Crippen molar-refractivity contribution >= 4 is 5.91 Å². The SMILES string of the molecule is CN(C)C(=O)C1CN(Cc2cccnc2)CC12CCOCC2. The third-order valence-corrected chi connectivity index (χ3v) is 5.07. The fraction of sp³-hybridized carbons (Fsp3) is 0.647. The van der Waals surface area contributed by atoms with Crippen molar-refractivity contribution < 1.29 is 9.53 Å². The topological polar surface area (TPSA) is 45.7 Å². The number of ether oxygens (including phenoxy) is 1. The van der Waals surface area contributed by atoms with Gasteiger partial charge in [-0.25, -0.2) is 0 Å². The highest BCUT2D eigenvalue weighted by Gasteiger charge is 2.50. The largest absolute Gasteiger partial charge is 0.381 e. The average molecular weight is 303 g/mol. The molecule has 0 aliphatic carbocycles. The van der Waals surface area contributed by atoms with Gasteiger partial charge < -0.3 is 9.64 Å². The summed E-state index contributed by atoms with van der Waals surface area (Å²) < 4.78 is 5.54. The lowest BCUT2D eigenvalue weighted by Gasteiger charge is -2.38. The van der Waals surface area contributed by atoms with E-state index >= 15 is 0 Å². The maximum atomic E-state index is 12.7. The average Bonchev–Trinajstić information content (AvgIpc) is 2.85. The van der Waals surface area contributed by atoms with Gasteiger partial charge in [-0.05, 0) is 24.5 Å². The summed E-state index contributed by atoms with van der Waals surface area (Å²) >= 11 is 0. The Morgan fingerprint density at radius 1 is 1.45 bits per heavy atom. The number of likely N-dealkylation sites (tertiary alicyclic amines) is 1. The van der Waals surface area contributed by atoms with Crippen LogP contribution in [0.3, 0.4) is 0 Å². The van der Waals surface area contributed by atoms with Crippen LogP contribution in [-0.4, -0.2) is 61.1 Å². The van der Waals surface area contributed by atoms with E-state index in [4.69, 9.17) is 4.74 Å². The molecule has 2 aliphatic heterocycles. The Balaban J connectivity index is 1.77. The molecule has 1 spiro atoms. The number of carbonyl (C=O) groups excluding carboxylic acids is 1. The first-order chi connectivity index (χ1) is 10.6. The van der Waals surface area contributed by atoms with Gasteiger partial charge >= 0.3 is 0 Å². The van der Waals surface area contributed by atoms with E-state index in [1.165, 1.54) is 5.56 Å². The van der Waals surface area contributed by atoms with E-state index in [9.17, 15) is 4.79 Å². The van der Waals surface area contributed by atoms with Crippen LogP contribution in [-0.2, 0) is 16.1 Å². The molecule has 0 radical (unpaired) electrons. The fourth-order valence-corrected chi connectivity index (χ4v) is 3.88. The Labute approximate surface area is 132 Å². The molecule has 120 valence electrons. The summed E-state index contributed by atoms with van der Waals surface area (Å²) in [7, 11) is 3.72. The predicted molar refractivity (Wildman–Crippen MR) is 84.2 cm³/mol. The number of nitrogens with zero attached hydrogens (tertiary/aromatic N) is 3. The van der Waals surface area contributed by atoms with Crippen LogP contribution in [0.2, 0.25) is 0 Å². The van der Waals surface area contributed by atoms with Gasteiger partial charge in [0.15, 0.2) is 0 Å². The van der Waals surface area contributed by atoms with Crippen molar-refractivity contribution in [3.63, 3.8) is 0 Å². The Hall–Kier alpha value is -1.46. The molecule has 3 rings (SSSR count). The van der Waals surface area contributed by atoms with Gasteiger partial charge in [0.25, 0.3) is 0 Å². The van der Waals surface area contributed by atoms with E-state index in [0.717, 1.165) is 45.7 Å². The van der Waals surface area contributed by atoms with Crippen molar-refractivity contribution in [1.82, 2.24) is 14.8 Å². The van der Waals surface area contributed by atoms with Gasteiger partial charge in [0.2, 0.25) is 5.91 Å². The van der Waals surface area contributed by atoms with Crippen molar-refractivity contribution in [1.29, 1.82) is 0 Å². The monoisotopic (exact) mass is 303 g/mol. The second-order valence-electron chi connectivity index (χ2n) is 6.79. The highest BCUT2D eigenvalue weighted by Crippen LogP contribution is 2.45. The molecular formula is C17H25N3O2. The van der Waals surface area contributed by atoms with Crippen LogP contribution < -0.4 is 0 Å². The number of hydrogen-bond donors (Lipinski definition) is 0. The molecule has 1 unspecified atom stereocenters. The fourth-order valence-electron chi connectivity index (χ4n) is 3.88. The molecule has 0 aromatic carbocycles. The van der Waals surface area contributed by atoms with Crippen LogP contribution in [0.5, 0.6) is 0 Å². The Kier molecular flexibility index (Phi) is 4.45. The summed E-state index contributed by atoms with van der Waals surface area (Å²) in [5.74, 6) is 0.346. The van der Waals surface area contributed by atoms with Gasteiger partial charge in [0.05, 0.1) is 5.92 Å². The molecule has 0 saturated carbocycles. The predicted octanol–water partition coefficient (Wildman–Crippen LogP) is 1.40. The zero-order valence-electron chi connectivity index (χ0n) is 13.5. The summed E-state index contributed by atoms with van der Waals surface area (Å²) in [5, 5.41) is 0. The molecule has 2 aliphatic rings. The molecular weight excluding hydrogens is 278 g/mol. The summed E-state index contributed by atoms with van der Waals surface area (Å²) in [6, 6.07) is 4.07. The number of hydrogen-bond acceptors (Lipinski definition) is 4. The van der Waals surface area contributed by atoms with E-state index in [0.29, 0.717) is 0 Å². The molecule has 3 heterocycles. The van der Waals surface area contributed by atoms with Crippen molar-refractivity contribution in [2.75, 3.05) is 40.4 Å². The van der Waals surface area contributed by atoms with Gasteiger partial charge in [-0.1, -0.05) is 6.07 Å². The highest BCUT2D eigenvalue weighted by atomic mass is 16.5. The normalized spacial score (nSPS) is 24.5. The van der Waals surface area contributed by atoms with Gasteiger partial charge in [-0.15, -0.1) is 0 Å². The number of amides is 1. The third-order valence-electron chi connectivity index (χ3n) is 5.07. The molecule has 22 heavy (non-hydrogen) atoms. The maximum Gasteiger partial charge on any atom is 0.227 e. The van der Waals surface area contributed by atoms with E-state index in [1.54, 1.807) is 11.1 Å². The first kappa shape index (κ1) is 15.4. The number of aromatic nitrogens is 1. The van der Waals surface area contributed by atoms with Gasteiger partial charge in [0.1, 0.15) is 0 Å². The molecule has 1 atom stereocenters. The van der Waals surface area contributed by atoms with E-state index in [2.05, 4.69) is 16.0 Å². The van der Waals surface area contributed by atoms with Crippen molar-refractivity contribution in [3.05, 3.63) is 30.1 Å². The van der Waals surface area contributed by atoms with Gasteiger partial charge in [-0.2, -0.15) is 0 Å². The molecule has 1 amide bonds. The Morgan fingerprint density at radius 2 is 2.23 bits per heavy atom. The molecule has 0 bridgehead atoms. The lowest BCUT2D eigenvalue weighted by Crippen LogP contribution is -2.44. The zero-order valence-corrected chi connectivity index (χ0v) is 13.5. The van der Waals surface area contributed by atoms with Crippen LogP contribution in [0.15, 0.2) is 24.5 Å². The second kappa shape index (κ2) is 6.34. The quantitative estimate of drug-likeness (QED) is 0.847. The standard InChI is InChI=1S/C17H25N3O2/c1-19(2)16(21)15-12-20(11-14-4-3-7-18-10-14)13-17(15)5-8-22-9-6-17/h3-4,7,10,15H,5-6,8-9,11-13H2,1-2H3. The minimum Gasteiger partial charge on any atom is -0.381 e. The number of rotatable bonds is 3. The lowest BCUT2D eigenvalue weighted by molar-refractivity contribution is -0.138. The zero-order chi connectivity index (χ0) is 15.6. The first-order valence-electron chi connectivity index (χ1n) is 8.01. The Morgan fingerprint density at radius 3 is 2.86 bits per heavy atom. The number of carbonyl (C=O) groups is 1. The second-order valence-corrected chi connectivity index (χ2v) is 6.79. The summed E-state index contributed by atoms with van der Waals surface area (Å²) in [5.41, 5.74) is 1.30.